The summed E-state index contributed by atoms with van der Waals surface area (Å²) in [5, 5.41) is 4.70. The van der Waals surface area contributed by atoms with Crippen molar-refractivity contribution >= 4 is 23.2 Å². The van der Waals surface area contributed by atoms with Crippen molar-refractivity contribution in [2.75, 3.05) is 20.6 Å². The minimum absolute atomic E-state index is 0.156. The quantitative estimate of drug-likeness (QED) is 0.812. The molecule has 1 aliphatic carbocycles. The smallest absolute Gasteiger partial charge is 0.134 e. The standard InChI is InChI=1S/C19H23NOS/c1-20(2)13-12-18(19-11-6-14-22-19)21-17-10-5-8-15-7-3-4-9-16(15)17/h3-4,6-9,11,14,18H,5,10,12-13H2,1-2H3/t18-/m0/s1. The molecule has 0 unspecified atom stereocenters. The molecule has 3 heteroatoms. The summed E-state index contributed by atoms with van der Waals surface area (Å²) in [7, 11) is 4.23. The van der Waals surface area contributed by atoms with E-state index in [1.165, 1.54) is 15.3 Å². The van der Waals surface area contributed by atoms with Crippen LogP contribution in [0.15, 0.2) is 41.8 Å². The predicted octanol–water partition coefficient (Wildman–Crippen LogP) is 3.14. The van der Waals surface area contributed by atoms with Crippen LogP contribution in [0, 0.1) is 0 Å². The van der Waals surface area contributed by atoms with Gasteiger partial charge in [0.25, 0.3) is 0 Å². The molecule has 0 fully saturated rings. The number of thiophene rings is 1. The van der Waals surface area contributed by atoms with Crippen LogP contribution in [0.3, 0.4) is 0 Å². The van der Waals surface area contributed by atoms with Crippen LogP contribution in [0.1, 0.15) is 30.2 Å². The number of benzene rings is 1. The molecule has 0 radical (unpaired) electrons. The van der Waals surface area contributed by atoms with Gasteiger partial charge in [-0.05, 0) is 37.2 Å². The summed E-state index contributed by atoms with van der Waals surface area (Å²) in [6.07, 6.45) is 5.55. The second-order valence-electron chi connectivity index (χ2n) is 5.97. The lowest BCUT2D eigenvalue weighted by atomic mass is 10.1. The topological polar surface area (TPSA) is 12.5 Å². The Morgan fingerprint density at radius 3 is 2.82 bits per heavy atom. The third-order valence-corrected chi connectivity index (χ3v) is 4.94. The number of hydrogen-bond acceptors (Lipinski definition) is 3. The van der Waals surface area contributed by atoms with Gasteiger partial charge in [0, 0.05) is 29.5 Å². The number of rotatable bonds is 6. The van der Waals surface area contributed by atoms with Crippen molar-refractivity contribution in [3.05, 3.63) is 57.1 Å². The van der Waals surface area contributed by atoms with Gasteiger partial charge < -0.3 is 9.64 Å². The maximum Gasteiger partial charge on any atom is 0.134 e. The molecular formula is C19H23NOS. The van der Waals surface area contributed by atoms with Crippen molar-refractivity contribution in [1.29, 1.82) is 0 Å². The summed E-state index contributed by atoms with van der Waals surface area (Å²) in [5.74, 6) is 1.15. The van der Waals surface area contributed by atoms with Crippen LogP contribution < -0.4 is 10.4 Å². The Morgan fingerprint density at radius 2 is 2.05 bits per heavy atom. The van der Waals surface area contributed by atoms with Crippen molar-refractivity contribution in [3.8, 4) is 0 Å². The van der Waals surface area contributed by atoms with E-state index in [-0.39, 0.29) is 6.10 Å². The first kappa shape index (κ1) is 15.3. The molecule has 3 rings (SSSR count). The first-order chi connectivity index (χ1) is 10.7. The first-order valence-electron chi connectivity index (χ1n) is 7.87. The van der Waals surface area contributed by atoms with E-state index in [1.54, 1.807) is 11.3 Å². The Bertz CT molecular complexity index is 718. The van der Waals surface area contributed by atoms with Crippen LogP contribution in [-0.2, 0) is 4.74 Å². The zero-order chi connectivity index (χ0) is 15.4. The van der Waals surface area contributed by atoms with Gasteiger partial charge in [0.1, 0.15) is 11.9 Å². The molecule has 116 valence electrons. The van der Waals surface area contributed by atoms with E-state index in [0.717, 1.165) is 31.6 Å². The molecule has 0 spiro atoms. The lowest BCUT2D eigenvalue weighted by Gasteiger charge is -2.23. The molecule has 2 nitrogen and oxygen atoms in total. The highest BCUT2D eigenvalue weighted by atomic mass is 32.1. The van der Waals surface area contributed by atoms with E-state index in [0.29, 0.717) is 0 Å². The molecule has 0 amide bonds. The molecule has 0 aliphatic heterocycles. The number of nitrogens with zero attached hydrogens (tertiary/aromatic N) is 1. The Morgan fingerprint density at radius 1 is 1.18 bits per heavy atom. The third-order valence-electron chi connectivity index (χ3n) is 3.98. The lowest BCUT2D eigenvalue weighted by molar-refractivity contribution is 0.141. The summed E-state index contributed by atoms with van der Waals surface area (Å²) in [4.78, 5) is 3.54. The van der Waals surface area contributed by atoms with E-state index < -0.39 is 0 Å². The summed E-state index contributed by atoms with van der Waals surface area (Å²) in [5.41, 5.74) is 0. The highest BCUT2D eigenvalue weighted by molar-refractivity contribution is 7.10. The van der Waals surface area contributed by atoms with Gasteiger partial charge in [0.05, 0.1) is 0 Å². The fourth-order valence-electron chi connectivity index (χ4n) is 2.83. The molecule has 0 saturated carbocycles. The molecule has 2 aromatic rings. The van der Waals surface area contributed by atoms with Gasteiger partial charge in [-0.15, -0.1) is 11.3 Å². The highest BCUT2D eigenvalue weighted by Gasteiger charge is 2.17. The van der Waals surface area contributed by atoms with Crippen LogP contribution in [0.5, 0.6) is 0 Å². The van der Waals surface area contributed by atoms with E-state index in [9.17, 15) is 0 Å². The minimum Gasteiger partial charge on any atom is -0.489 e. The average Bonchev–Trinajstić information content (AvgIpc) is 3.05. The van der Waals surface area contributed by atoms with Crippen molar-refractivity contribution in [3.63, 3.8) is 0 Å². The lowest BCUT2D eigenvalue weighted by Crippen LogP contribution is -2.30. The number of hydrogen-bond donors (Lipinski definition) is 0. The molecule has 22 heavy (non-hydrogen) atoms. The number of fused-ring (bicyclic) bond motifs is 1. The molecule has 1 atom stereocenters. The average molecular weight is 313 g/mol. The van der Waals surface area contributed by atoms with Crippen LogP contribution in [-0.4, -0.2) is 25.5 Å². The van der Waals surface area contributed by atoms with Gasteiger partial charge in [0.2, 0.25) is 0 Å². The first-order valence-corrected chi connectivity index (χ1v) is 8.75. The minimum atomic E-state index is 0.156. The van der Waals surface area contributed by atoms with Crippen molar-refractivity contribution < 1.29 is 4.74 Å². The summed E-state index contributed by atoms with van der Waals surface area (Å²) in [6, 6.07) is 12.9. The second-order valence-corrected chi connectivity index (χ2v) is 6.95. The molecule has 0 bridgehead atoms. The summed E-state index contributed by atoms with van der Waals surface area (Å²) in [6.45, 7) is 1.03. The maximum atomic E-state index is 6.49. The molecular weight excluding hydrogens is 290 g/mol. The molecule has 0 saturated heterocycles. The van der Waals surface area contributed by atoms with Gasteiger partial charge in [-0.2, -0.15) is 0 Å². The summed E-state index contributed by atoms with van der Waals surface area (Å²) < 4.78 is 6.49. The van der Waals surface area contributed by atoms with Crippen LogP contribution in [0.4, 0.5) is 0 Å². The van der Waals surface area contributed by atoms with E-state index >= 15 is 0 Å². The third kappa shape index (κ3) is 3.60. The van der Waals surface area contributed by atoms with Crippen molar-refractivity contribution in [2.24, 2.45) is 0 Å². The maximum absolute atomic E-state index is 6.49. The Balaban J connectivity index is 1.89. The van der Waals surface area contributed by atoms with Crippen LogP contribution in [0.2, 0.25) is 0 Å². The zero-order valence-corrected chi connectivity index (χ0v) is 14.1. The van der Waals surface area contributed by atoms with Gasteiger partial charge in [0.15, 0.2) is 0 Å². The van der Waals surface area contributed by atoms with Crippen molar-refractivity contribution in [1.82, 2.24) is 4.90 Å². The number of ether oxygens (including phenoxy) is 1. The van der Waals surface area contributed by atoms with E-state index in [1.807, 2.05) is 0 Å². The Kier molecular flexibility index (Phi) is 4.96. The monoisotopic (exact) mass is 313 g/mol. The molecule has 1 aromatic heterocycles. The second kappa shape index (κ2) is 7.12. The molecule has 1 aliphatic rings. The van der Waals surface area contributed by atoms with Gasteiger partial charge in [-0.1, -0.05) is 36.4 Å². The SMILES string of the molecule is CN(C)CC[C@H](OC1=c2ccccc2=CCC1)c1cccs1. The highest BCUT2D eigenvalue weighted by Crippen LogP contribution is 2.29. The summed E-state index contributed by atoms with van der Waals surface area (Å²) >= 11 is 1.79. The van der Waals surface area contributed by atoms with Gasteiger partial charge in [-0.25, -0.2) is 0 Å². The molecule has 1 heterocycles. The Hall–Kier alpha value is -1.58. The molecule has 0 N–H and O–H groups in total. The predicted molar refractivity (Wildman–Crippen MR) is 94.1 cm³/mol. The Labute approximate surface area is 136 Å². The van der Waals surface area contributed by atoms with Gasteiger partial charge in [-0.3, -0.25) is 0 Å². The van der Waals surface area contributed by atoms with Gasteiger partial charge >= 0.3 is 0 Å². The zero-order valence-electron chi connectivity index (χ0n) is 13.3. The van der Waals surface area contributed by atoms with Crippen molar-refractivity contribution in [2.45, 2.75) is 25.4 Å². The largest absolute Gasteiger partial charge is 0.489 e. The molecule has 1 aromatic carbocycles. The fraction of sp³-hybridized carbons (Fsp3) is 0.368. The van der Waals surface area contributed by atoms with E-state index in [2.05, 4.69) is 66.8 Å². The van der Waals surface area contributed by atoms with E-state index in [4.69, 9.17) is 4.74 Å². The normalized spacial score (nSPS) is 15.3. The van der Waals surface area contributed by atoms with Crippen LogP contribution in [0.25, 0.3) is 11.8 Å². The van der Waals surface area contributed by atoms with Crippen LogP contribution >= 0.6 is 11.3 Å². The fourth-order valence-corrected chi connectivity index (χ4v) is 3.61.